The third-order valence-electron chi connectivity index (χ3n) is 4.74. The van der Waals surface area contributed by atoms with Crippen molar-refractivity contribution in [3.63, 3.8) is 0 Å². The lowest BCUT2D eigenvalue weighted by Gasteiger charge is -2.17. The third-order valence-corrected chi connectivity index (χ3v) is 8.75. The molecule has 1 saturated heterocycles. The predicted molar refractivity (Wildman–Crippen MR) is 112 cm³/mol. The molecule has 1 fully saturated rings. The van der Waals surface area contributed by atoms with Crippen LogP contribution in [-0.2, 0) is 19.9 Å². The van der Waals surface area contributed by atoms with Crippen LogP contribution in [0.1, 0.15) is 30.1 Å². The van der Waals surface area contributed by atoms with Crippen molar-refractivity contribution >= 4 is 43.1 Å². The summed E-state index contributed by atoms with van der Waals surface area (Å²) in [7, 11) is -7.28. The molecule has 2 aromatic rings. The smallest absolute Gasteiger partial charge is 0.257 e. The van der Waals surface area contributed by atoms with Gasteiger partial charge in [0.1, 0.15) is 0 Å². The van der Waals surface area contributed by atoms with Gasteiger partial charge in [-0.25, -0.2) is 16.8 Å². The first-order valence-electron chi connectivity index (χ1n) is 9.09. The van der Waals surface area contributed by atoms with E-state index in [2.05, 4.69) is 5.32 Å². The number of halogens is 1. The van der Waals surface area contributed by atoms with E-state index in [4.69, 9.17) is 11.6 Å². The molecule has 0 bridgehead atoms. The topological polar surface area (TPSA) is 101 Å². The summed E-state index contributed by atoms with van der Waals surface area (Å²) >= 11 is 6.14. The van der Waals surface area contributed by atoms with E-state index >= 15 is 0 Å². The molecular formula is C19H21ClN2O5S2. The van der Waals surface area contributed by atoms with Crippen molar-refractivity contribution in [2.45, 2.75) is 29.6 Å². The molecule has 10 heteroatoms. The monoisotopic (exact) mass is 456 g/mol. The van der Waals surface area contributed by atoms with Crippen molar-refractivity contribution in [3.8, 4) is 0 Å². The van der Waals surface area contributed by atoms with Crippen molar-refractivity contribution in [3.05, 3.63) is 53.1 Å². The Morgan fingerprint density at radius 2 is 1.72 bits per heavy atom. The highest BCUT2D eigenvalue weighted by molar-refractivity contribution is 7.91. The molecule has 29 heavy (non-hydrogen) atoms. The highest BCUT2D eigenvalue weighted by atomic mass is 35.5. The molecule has 1 heterocycles. The van der Waals surface area contributed by atoms with Gasteiger partial charge in [0.25, 0.3) is 5.91 Å². The van der Waals surface area contributed by atoms with Crippen LogP contribution >= 0.6 is 11.6 Å². The van der Waals surface area contributed by atoms with Gasteiger partial charge in [-0.2, -0.15) is 4.31 Å². The Morgan fingerprint density at radius 1 is 1.07 bits per heavy atom. The Morgan fingerprint density at radius 3 is 2.38 bits per heavy atom. The fraction of sp³-hybridized carbons (Fsp3) is 0.316. The van der Waals surface area contributed by atoms with Gasteiger partial charge in [0, 0.05) is 13.1 Å². The SMILES string of the molecule is CCS(=O)(=O)c1ccccc1NC(=O)c1cc(S(=O)(=O)N2CCCC2)ccc1Cl. The molecule has 156 valence electrons. The number of sulfonamides is 1. The van der Waals surface area contributed by atoms with E-state index in [0.717, 1.165) is 12.8 Å². The summed E-state index contributed by atoms with van der Waals surface area (Å²) in [5.41, 5.74) is 0.0684. The van der Waals surface area contributed by atoms with E-state index in [1.54, 1.807) is 12.1 Å². The fourth-order valence-corrected chi connectivity index (χ4v) is 5.90. The Balaban J connectivity index is 1.95. The minimum absolute atomic E-state index is 0.00665. The van der Waals surface area contributed by atoms with Crippen LogP contribution in [0.2, 0.25) is 5.02 Å². The van der Waals surface area contributed by atoms with E-state index in [1.807, 2.05) is 0 Å². The summed E-state index contributed by atoms with van der Waals surface area (Å²) in [6, 6.07) is 9.98. The zero-order chi connectivity index (χ0) is 21.2. The van der Waals surface area contributed by atoms with Crippen LogP contribution in [0.5, 0.6) is 0 Å². The summed E-state index contributed by atoms with van der Waals surface area (Å²) in [5.74, 6) is -0.809. The van der Waals surface area contributed by atoms with E-state index in [1.165, 1.54) is 41.6 Å². The van der Waals surface area contributed by atoms with Crippen molar-refractivity contribution in [2.75, 3.05) is 24.2 Å². The maximum absolute atomic E-state index is 12.8. The van der Waals surface area contributed by atoms with Crippen LogP contribution in [0, 0.1) is 0 Å². The molecule has 0 atom stereocenters. The van der Waals surface area contributed by atoms with Gasteiger partial charge in [0.05, 0.1) is 31.8 Å². The number of amides is 1. The second kappa shape index (κ2) is 8.43. The molecule has 0 saturated carbocycles. The maximum atomic E-state index is 12.8. The Hall–Kier alpha value is -1.94. The summed E-state index contributed by atoms with van der Waals surface area (Å²) < 4.78 is 51.5. The summed E-state index contributed by atoms with van der Waals surface area (Å²) in [4.78, 5) is 12.8. The van der Waals surface area contributed by atoms with Crippen LogP contribution in [0.15, 0.2) is 52.3 Å². The number of para-hydroxylation sites is 1. The van der Waals surface area contributed by atoms with Crippen LogP contribution < -0.4 is 5.32 Å². The van der Waals surface area contributed by atoms with Gasteiger partial charge in [-0.15, -0.1) is 0 Å². The first-order chi connectivity index (χ1) is 13.7. The Labute approximate surface area is 175 Å². The highest BCUT2D eigenvalue weighted by Crippen LogP contribution is 2.27. The second-order valence-corrected chi connectivity index (χ2v) is 11.2. The quantitative estimate of drug-likeness (QED) is 0.719. The standard InChI is InChI=1S/C19H21ClN2O5S2/c1-2-28(24,25)18-8-4-3-7-17(18)21-19(23)15-13-14(9-10-16(15)20)29(26,27)22-11-5-6-12-22/h3-4,7-10,13H,2,5-6,11-12H2,1H3,(H,21,23). The van der Waals surface area contributed by atoms with Gasteiger partial charge in [-0.05, 0) is 43.2 Å². The molecule has 7 nitrogen and oxygen atoms in total. The van der Waals surface area contributed by atoms with Gasteiger partial charge in [-0.1, -0.05) is 30.7 Å². The summed E-state index contributed by atoms with van der Waals surface area (Å²) in [6.45, 7) is 2.39. The number of hydrogen-bond acceptors (Lipinski definition) is 5. The first-order valence-corrected chi connectivity index (χ1v) is 12.6. The molecular weight excluding hydrogens is 436 g/mol. The van der Waals surface area contributed by atoms with Gasteiger partial charge in [0.2, 0.25) is 10.0 Å². The molecule has 1 aliphatic rings. The Bertz CT molecular complexity index is 1140. The third kappa shape index (κ3) is 4.48. The number of carbonyl (C=O) groups excluding carboxylic acids is 1. The molecule has 0 aromatic heterocycles. The molecule has 0 unspecified atom stereocenters. The van der Waals surface area contributed by atoms with Crippen LogP contribution in [-0.4, -0.2) is 45.9 Å². The zero-order valence-electron chi connectivity index (χ0n) is 15.8. The largest absolute Gasteiger partial charge is 0.321 e. The minimum atomic E-state index is -3.72. The van der Waals surface area contributed by atoms with Crippen molar-refractivity contribution < 1.29 is 21.6 Å². The van der Waals surface area contributed by atoms with Gasteiger partial charge >= 0.3 is 0 Å². The van der Waals surface area contributed by atoms with Crippen molar-refractivity contribution in [1.29, 1.82) is 0 Å². The van der Waals surface area contributed by atoms with Gasteiger partial charge in [0.15, 0.2) is 9.84 Å². The molecule has 1 N–H and O–H groups in total. The number of anilines is 1. The molecule has 1 aliphatic heterocycles. The molecule has 0 spiro atoms. The lowest BCUT2D eigenvalue weighted by molar-refractivity contribution is 0.102. The summed E-state index contributed by atoms with van der Waals surface area (Å²) in [6.07, 6.45) is 1.59. The predicted octanol–water partition coefficient (Wildman–Crippen LogP) is 3.17. The van der Waals surface area contributed by atoms with Crippen molar-refractivity contribution in [1.82, 2.24) is 4.31 Å². The van der Waals surface area contributed by atoms with Crippen LogP contribution in [0.3, 0.4) is 0 Å². The van der Waals surface area contributed by atoms with Crippen LogP contribution in [0.4, 0.5) is 5.69 Å². The van der Waals surface area contributed by atoms with Crippen molar-refractivity contribution in [2.24, 2.45) is 0 Å². The minimum Gasteiger partial charge on any atom is -0.321 e. The average molecular weight is 457 g/mol. The number of hydrogen-bond donors (Lipinski definition) is 1. The number of rotatable bonds is 6. The average Bonchev–Trinajstić information content (AvgIpc) is 3.24. The zero-order valence-corrected chi connectivity index (χ0v) is 18.1. The summed E-state index contributed by atoms with van der Waals surface area (Å²) in [5, 5.41) is 2.61. The van der Waals surface area contributed by atoms with Gasteiger partial charge < -0.3 is 5.32 Å². The second-order valence-electron chi connectivity index (χ2n) is 6.61. The van der Waals surface area contributed by atoms with Crippen LogP contribution in [0.25, 0.3) is 0 Å². The molecule has 3 rings (SSSR count). The molecule has 0 radical (unpaired) electrons. The molecule has 0 aliphatic carbocycles. The lowest BCUT2D eigenvalue weighted by atomic mass is 10.2. The number of sulfone groups is 1. The Kier molecular flexibility index (Phi) is 6.33. The highest BCUT2D eigenvalue weighted by Gasteiger charge is 2.28. The number of nitrogens with zero attached hydrogens (tertiary/aromatic N) is 1. The van der Waals surface area contributed by atoms with E-state index in [-0.39, 0.29) is 31.8 Å². The lowest BCUT2D eigenvalue weighted by Crippen LogP contribution is -2.28. The van der Waals surface area contributed by atoms with Gasteiger partial charge in [-0.3, -0.25) is 4.79 Å². The normalized spacial score (nSPS) is 15.4. The first kappa shape index (κ1) is 21.8. The molecule has 1 amide bonds. The number of benzene rings is 2. The van der Waals surface area contributed by atoms with E-state index in [0.29, 0.717) is 13.1 Å². The maximum Gasteiger partial charge on any atom is 0.257 e. The molecule has 2 aromatic carbocycles. The van der Waals surface area contributed by atoms with E-state index < -0.39 is 25.8 Å². The number of carbonyl (C=O) groups is 1. The number of nitrogens with one attached hydrogen (secondary N) is 1. The van der Waals surface area contributed by atoms with E-state index in [9.17, 15) is 21.6 Å². The fourth-order valence-electron chi connectivity index (χ4n) is 3.10.